The maximum absolute atomic E-state index is 13.6. The normalized spacial score (nSPS) is 17.7. The molecule has 4 aromatic carbocycles. The van der Waals surface area contributed by atoms with Crippen molar-refractivity contribution in [2.75, 3.05) is 65.7 Å². The van der Waals surface area contributed by atoms with Gasteiger partial charge in [-0.25, -0.2) is 9.97 Å². The number of hydrogen-bond donors (Lipinski definition) is 3. The first kappa shape index (κ1) is 53.6. The van der Waals surface area contributed by atoms with Gasteiger partial charge in [0, 0.05) is 87.5 Å². The van der Waals surface area contributed by atoms with Gasteiger partial charge in [0.15, 0.2) is 5.78 Å². The molecule has 0 saturated carbocycles. The number of nitrogens with one attached hydrogen (secondary N) is 3. The zero-order chi connectivity index (χ0) is 52.2. The molecule has 76 heavy (non-hydrogen) atoms. The number of piperidine rings is 2. The second-order valence-corrected chi connectivity index (χ2v) is 21.0. The fraction of sp³-hybridized carbons (Fsp3) is 0.426. The Morgan fingerprint density at radius 1 is 0.618 bits per heavy atom. The van der Waals surface area contributed by atoms with Gasteiger partial charge in [0.1, 0.15) is 24.9 Å². The molecule has 12 rings (SSSR count). The van der Waals surface area contributed by atoms with Gasteiger partial charge in [-0.3, -0.25) is 19.3 Å². The summed E-state index contributed by atoms with van der Waals surface area (Å²) in [5.74, 6) is 2.99. The van der Waals surface area contributed by atoms with Crippen molar-refractivity contribution >= 4 is 17.6 Å². The average Bonchev–Trinajstić information content (AvgIpc) is 4.05. The third-order valence-electron chi connectivity index (χ3n) is 15.9. The van der Waals surface area contributed by atoms with Crippen molar-refractivity contribution in [3.63, 3.8) is 0 Å². The molecule has 394 valence electrons. The second-order valence-electron chi connectivity index (χ2n) is 21.0. The lowest BCUT2D eigenvalue weighted by Crippen LogP contribution is -2.50. The van der Waals surface area contributed by atoms with E-state index in [0.717, 1.165) is 177 Å². The minimum atomic E-state index is 0. The van der Waals surface area contributed by atoms with E-state index in [2.05, 4.69) is 87.3 Å². The number of Topliss-reactive ketones (excluding diaryl/α,β-unsaturated/α-hetero) is 1. The zero-order valence-electron chi connectivity index (χ0n) is 43.6. The lowest BCUT2D eigenvalue weighted by Gasteiger charge is -2.38. The van der Waals surface area contributed by atoms with Crippen molar-refractivity contribution in [2.24, 2.45) is 0 Å². The molecule has 4 saturated heterocycles. The number of aryl methyl sites for hydroxylation is 4. The smallest absolute Gasteiger partial charge is 0.254 e. The lowest BCUT2D eigenvalue weighted by molar-refractivity contribution is -0.140. The van der Waals surface area contributed by atoms with E-state index in [9.17, 15) is 14.4 Å². The third kappa shape index (κ3) is 11.7. The summed E-state index contributed by atoms with van der Waals surface area (Å²) < 4.78 is 9.87. The van der Waals surface area contributed by atoms with Crippen molar-refractivity contribution in [2.45, 2.75) is 105 Å². The van der Waals surface area contributed by atoms with Crippen LogP contribution >= 0.6 is 0 Å². The number of H-pyrrole nitrogens is 2. The minimum absolute atomic E-state index is 0. The molecule has 6 aromatic rings. The van der Waals surface area contributed by atoms with Crippen molar-refractivity contribution in [1.82, 2.24) is 40.0 Å². The molecule has 2 amide bonds. The largest absolute Gasteiger partial charge is 0.378 e. The minimum Gasteiger partial charge on any atom is -0.378 e. The van der Waals surface area contributed by atoms with Crippen molar-refractivity contribution in [1.29, 1.82) is 10.5 Å². The summed E-state index contributed by atoms with van der Waals surface area (Å²) in [5.41, 5.74) is 16.3. The van der Waals surface area contributed by atoms with Gasteiger partial charge in [-0.2, -0.15) is 10.5 Å². The Kier molecular flexibility index (Phi) is 16.7. The van der Waals surface area contributed by atoms with Crippen LogP contribution in [0.25, 0.3) is 22.8 Å². The van der Waals surface area contributed by atoms with E-state index in [1.165, 1.54) is 16.8 Å². The molecule has 3 N–H and O–H groups in total. The monoisotopic (exact) mass is 1020 g/mol. The maximum atomic E-state index is 13.6. The van der Waals surface area contributed by atoms with E-state index in [0.29, 0.717) is 42.2 Å². The maximum Gasteiger partial charge on any atom is 0.254 e. The number of rotatable bonds is 7. The van der Waals surface area contributed by atoms with Crippen LogP contribution in [0.1, 0.15) is 133 Å². The van der Waals surface area contributed by atoms with E-state index >= 15 is 0 Å². The standard InChI is InChI=1S/C30H33N5O2.C27H29N5O.C3H4O2.CH4/c1-19-13-20(2)26(30(36)34-10-7-23(8-11-34)22-5-3-21(15-31)4-6-22)14-25(19)29-32-27-9-12-35(16-28(27)33-29)24-17-37-18-24;1-17-13-18(2)23(14-22(17)26-30-24-7-10-29-16-25(24)31-26)27(33)32-11-8-21(9-12-32)20-5-3-19(15-28)4-6-20;4-3-1-5-2-3;/h3-6,13-14,23-24H,7-12,16-18H2,1-2H3,(H,32,33);3-6,13-14,21,29H,7-12,16H2,1-2H3,(H,30,31);1-2H2;1H4. The molecule has 8 heterocycles. The van der Waals surface area contributed by atoms with Crippen LogP contribution in [0.3, 0.4) is 0 Å². The number of carbonyl (C=O) groups is 3. The molecule has 0 atom stereocenters. The molecule has 2 aromatic heterocycles. The molecular weight excluding hydrogens is 953 g/mol. The number of fused-ring (bicyclic) bond motifs is 2. The molecule has 6 aliphatic rings. The number of carbonyl (C=O) groups excluding carboxylic acids is 3. The Hall–Kier alpha value is -7.27. The Labute approximate surface area is 446 Å². The van der Waals surface area contributed by atoms with Gasteiger partial charge in [0.2, 0.25) is 0 Å². The number of ether oxygens (including phenoxy) is 2. The van der Waals surface area contributed by atoms with Gasteiger partial charge in [-0.05, 0) is 135 Å². The van der Waals surface area contributed by atoms with Crippen LogP contribution in [0.4, 0.5) is 0 Å². The summed E-state index contributed by atoms with van der Waals surface area (Å²) in [5, 5.41) is 21.4. The first-order valence-electron chi connectivity index (χ1n) is 26.5. The number of ketones is 1. The molecule has 0 spiro atoms. The highest BCUT2D eigenvalue weighted by Crippen LogP contribution is 2.34. The number of aromatic amines is 2. The van der Waals surface area contributed by atoms with E-state index in [1.54, 1.807) is 0 Å². The molecule has 0 bridgehead atoms. The first-order valence-corrected chi connectivity index (χ1v) is 26.5. The highest BCUT2D eigenvalue weighted by Gasteiger charge is 2.32. The summed E-state index contributed by atoms with van der Waals surface area (Å²) in [4.78, 5) is 60.2. The Balaban J connectivity index is 0.000000169. The molecule has 0 unspecified atom stereocenters. The van der Waals surface area contributed by atoms with Crippen LogP contribution in [0, 0.1) is 50.4 Å². The third-order valence-corrected chi connectivity index (χ3v) is 15.9. The van der Waals surface area contributed by atoms with Gasteiger partial charge in [-0.1, -0.05) is 43.8 Å². The summed E-state index contributed by atoms with van der Waals surface area (Å²) in [7, 11) is 0. The SMILES string of the molecule is C.Cc1cc(C)c(-c2nc3c([nH]2)CN(C2COC2)CC3)cc1C(=O)N1CCC(c2ccc(C#N)cc2)CC1.Cc1cc(C)c(-c2nc3c([nH]2)CNCC3)cc1C(=O)N1CCC(c2ccc(C#N)cc2)CC1.O=C1COC1. The molecule has 0 aliphatic carbocycles. The van der Waals surface area contributed by atoms with Gasteiger partial charge >= 0.3 is 0 Å². The number of aromatic nitrogens is 4. The number of benzene rings is 4. The van der Waals surface area contributed by atoms with Crippen LogP contribution in [0.5, 0.6) is 0 Å². The van der Waals surface area contributed by atoms with Crippen molar-refractivity contribution in [3.05, 3.63) is 151 Å². The molecule has 4 fully saturated rings. The lowest BCUT2D eigenvalue weighted by atomic mass is 9.88. The van der Waals surface area contributed by atoms with Gasteiger partial charge < -0.3 is 34.6 Å². The second kappa shape index (κ2) is 23.7. The molecule has 15 heteroatoms. The molecule has 0 radical (unpaired) electrons. The Bertz CT molecular complexity index is 3130. The number of imidazole rings is 2. The van der Waals surface area contributed by atoms with E-state index in [-0.39, 0.29) is 25.0 Å². The predicted molar refractivity (Wildman–Crippen MR) is 292 cm³/mol. The quantitative estimate of drug-likeness (QED) is 0.138. The van der Waals surface area contributed by atoms with Crippen molar-refractivity contribution < 1.29 is 23.9 Å². The highest BCUT2D eigenvalue weighted by molar-refractivity contribution is 5.98. The molecule has 6 aliphatic heterocycles. The van der Waals surface area contributed by atoms with Crippen LogP contribution < -0.4 is 5.32 Å². The highest BCUT2D eigenvalue weighted by atomic mass is 16.5. The summed E-state index contributed by atoms with van der Waals surface area (Å²) in [6, 6.07) is 28.9. The van der Waals surface area contributed by atoms with Crippen LogP contribution in [0.15, 0.2) is 72.8 Å². The molecular formula is C61H70N10O5. The summed E-state index contributed by atoms with van der Waals surface area (Å²) in [6.45, 7) is 17.2. The fourth-order valence-corrected chi connectivity index (χ4v) is 11.2. The average molecular weight is 1020 g/mol. The van der Waals surface area contributed by atoms with Gasteiger partial charge in [0.25, 0.3) is 11.8 Å². The van der Waals surface area contributed by atoms with Gasteiger partial charge in [0.05, 0.1) is 65.3 Å². The number of nitriles is 2. The van der Waals surface area contributed by atoms with E-state index in [1.807, 2.05) is 60.0 Å². The summed E-state index contributed by atoms with van der Waals surface area (Å²) in [6.07, 6.45) is 5.61. The van der Waals surface area contributed by atoms with Crippen LogP contribution in [0.2, 0.25) is 0 Å². The molecule has 15 nitrogen and oxygen atoms in total. The van der Waals surface area contributed by atoms with Gasteiger partial charge in [-0.15, -0.1) is 0 Å². The number of hydrogen-bond acceptors (Lipinski definition) is 11. The number of likely N-dealkylation sites (tertiary alicyclic amines) is 2. The van der Waals surface area contributed by atoms with E-state index in [4.69, 9.17) is 25.2 Å². The van der Waals surface area contributed by atoms with Crippen LogP contribution in [-0.2, 0) is 40.2 Å². The van der Waals surface area contributed by atoms with Crippen LogP contribution in [-0.4, -0.2) is 124 Å². The Morgan fingerprint density at radius 2 is 1.08 bits per heavy atom. The fourth-order valence-electron chi connectivity index (χ4n) is 11.2. The number of nitrogens with zero attached hydrogens (tertiary/aromatic N) is 7. The zero-order valence-corrected chi connectivity index (χ0v) is 43.6. The van der Waals surface area contributed by atoms with Crippen molar-refractivity contribution in [3.8, 4) is 34.9 Å². The van der Waals surface area contributed by atoms with E-state index < -0.39 is 0 Å². The Morgan fingerprint density at radius 3 is 1.49 bits per heavy atom. The summed E-state index contributed by atoms with van der Waals surface area (Å²) >= 11 is 0. The number of amides is 2. The topological polar surface area (TPSA) is 196 Å². The predicted octanol–water partition coefficient (Wildman–Crippen LogP) is 8.79. The first-order chi connectivity index (χ1) is 36.4.